The number of imide groups is 1. The summed E-state index contributed by atoms with van der Waals surface area (Å²) >= 11 is 0. The number of ether oxygens (including phenoxy) is 2. The van der Waals surface area contributed by atoms with Gasteiger partial charge in [-0.2, -0.15) is 13.2 Å². The van der Waals surface area contributed by atoms with E-state index in [0.29, 0.717) is 43.4 Å². The van der Waals surface area contributed by atoms with Crippen molar-refractivity contribution in [3.8, 4) is 11.1 Å². The third kappa shape index (κ3) is 7.67. The van der Waals surface area contributed by atoms with Gasteiger partial charge in [-0.3, -0.25) is 14.5 Å². The molecule has 0 atom stereocenters. The molecule has 3 aromatic carbocycles. The Morgan fingerprint density at radius 1 is 0.739 bits per heavy atom. The Balaban J connectivity index is 0.935. The third-order valence-corrected chi connectivity index (χ3v) is 7.81. The van der Waals surface area contributed by atoms with Crippen LogP contribution in [0.4, 0.5) is 18.0 Å². The first-order chi connectivity index (χ1) is 22.3. The summed E-state index contributed by atoms with van der Waals surface area (Å²) in [6.07, 6.45) is -3.03. The summed E-state index contributed by atoms with van der Waals surface area (Å²) in [7, 11) is 0. The molecule has 1 N–H and O–H groups in total. The fourth-order valence-corrected chi connectivity index (χ4v) is 5.58. The fraction of sp³-hybridized carbons (Fsp3) is 0.353. The van der Waals surface area contributed by atoms with E-state index in [2.05, 4.69) is 22.6 Å². The molecule has 46 heavy (non-hydrogen) atoms. The van der Waals surface area contributed by atoms with Gasteiger partial charge in [0, 0.05) is 25.4 Å². The molecule has 3 amide bonds. The van der Waals surface area contributed by atoms with E-state index >= 15 is 0 Å². The normalized spacial score (nSPS) is 14.2. The lowest BCUT2D eigenvalue weighted by Crippen LogP contribution is -2.31. The molecule has 0 unspecified atom stereocenters. The van der Waals surface area contributed by atoms with Crippen molar-refractivity contribution >= 4 is 23.8 Å². The molecule has 1 heterocycles. The van der Waals surface area contributed by atoms with Gasteiger partial charge in [0.2, 0.25) is 0 Å². The Kier molecular flexibility index (Phi) is 10.6. The van der Waals surface area contributed by atoms with E-state index in [4.69, 9.17) is 14.3 Å². The van der Waals surface area contributed by atoms with Crippen LogP contribution in [0.2, 0.25) is 0 Å². The van der Waals surface area contributed by atoms with Crippen LogP contribution in [-0.4, -0.2) is 67.8 Å². The van der Waals surface area contributed by atoms with Gasteiger partial charge in [-0.1, -0.05) is 73.5 Å². The molecule has 9 nitrogen and oxygen atoms in total. The number of alkyl halides is 3. The van der Waals surface area contributed by atoms with Crippen LogP contribution < -0.4 is 5.32 Å². The van der Waals surface area contributed by atoms with E-state index in [1.165, 1.54) is 0 Å². The van der Waals surface area contributed by atoms with Crippen molar-refractivity contribution in [2.24, 2.45) is 5.16 Å². The van der Waals surface area contributed by atoms with Crippen LogP contribution in [0.3, 0.4) is 0 Å². The summed E-state index contributed by atoms with van der Waals surface area (Å²) in [6, 6.07) is 22.5. The standard InChI is InChI=1S/C34H34F3N3O6/c35-34(36,37)32(39-46-21-11-19-40-30(41)27-16-7-8-17-28(27)31(40)42)44-20-10-2-1-9-18-38-33(43)45-22-29-25-14-5-3-12-23(25)24-13-4-6-15-26(24)29/h3-8,12-17,29H,1-2,9-11,18-22H2,(H,38,43). The average Bonchev–Trinajstić information content (AvgIpc) is 3.50. The van der Waals surface area contributed by atoms with Gasteiger partial charge in [0.15, 0.2) is 0 Å². The van der Waals surface area contributed by atoms with Crippen molar-refractivity contribution in [3.63, 3.8) is 0 Å². The first kappa shape index (κ1) is 32.5. The van der Waals surface area contributed by atoms with Crippen molar-refractivity contribution < 1.29 is 41.9 Å². The van der Waals surface area contributed by atoms with Crippen LogP contribution in [0, 0.1) is 0 Å². The first-order valence-electron chi connectivity index (χ1n) is 15.2. The van der Waals surface area contributed by atoms with Gasteiger partial charge in [-0.15, -0.1) is 0 Å². The van der Waals surface area contributed by atoms with E-state index in [-0.39, 0.29) is 38.7 Å². The summed E-state index contributed by atoms with van der Waals surface area (Å²) in [4.78, 5) is 42.8. The number of nitrogens with zero attached hydrogens (tertiary/aromatic N) is 2. The Hall–Kier alpha value is -4.87. The number of carbonyl (C=O) groups excluding carboxylic acids is 3. The van der Waals surface area contributed by atoms with Gasteiger partial charge in [0.1, 0.15) is 13.2 Å². The molecular formula is C34H34F3N3O6. The van der Waals surface area contributed by atoms with Crippen molar-refractivity contribution in [2.45, 2.75) is 44.2 Å². The van der Waals surface area contributed by atoms with E-state index < -0.39 is 30.0 Å². The zero-order valence-electron chi connectivity index (χ0n) is 25.1. The highest BCUT2D eigenvalue weighted by Crippen LogP contribution is 2.44. The quantitative estimate of drug-likeness (QED) is 0.0695. The molecule has 0 bridgehead atoms. The maximum absolute atomic E-state index is 13.3. The summed E-state index contributed by atoms with van der Waals surface area (Å²) in [5.74, 6) is -2.42. The number of oxime groups is 1. The highest BCUT2D eigenvalue weighted by molar-refractivity contribution is 6.21. The molecule has 3 aromatic rings. The largest absolute Gasteiger partial charge is 0.472 e. The predicted octanol–water partition coefficient (Wildman–Crippen LogP) is 6.68. The lowest BCUT2D eigenvalue weighted by atomic mass is 9.98. The smallest absolute Gasteiger partial charge is 0.471 e. The number of rotatable bonds is 14. The van der Waals surface area contributed by atoms with Crippen LogP contribution in [0.1, 0.15) is 69.9 Å². The summed E-state index contributed by atoms with van der Waals surface area (Å²) in [5, 5.41) is 5.82. The molecule has 0 spiro atoms. The minimum Gasteiger partial charge on any atom is -0.472 e. The van der Waals surface area contributed by atoms with Crippen LogP contribution in [0.5, 0.6) is 0 Å². The number of halogens is 3. The Morgan fingerprint density at radius 2 is 1.30 bits per heavy atom. The molecule has 1 aliphatic carbocycles. The summed E-state index contributed by atoms with van der Waals surface area (Å²) < 4.78 is 50.2. The topological polar surface area (TPSA) is 107 Å². The van der Waals surface area contributed by atoms with Crippen LogP contribution in [0.25, 0.3) is 11.1 Å². The minimum absolute atomic E-state index is 0.0137. The predicted molar refractivity (Wildman–Crippen MR) is 163 cm³/mol. The number of fused-ring (bicyclic) bond motifs is 4. The van der Waals surface area contributed by atoms with E-state index in [1.54, 1.807) is 24.3 Å². The van der Waals surface area contributed by atoms with Crippen LogP contribution in [-0.2, 0) is 14.3 Å². The summed E-state index contributed by atoms with van der Waals surface area (Å²) in [5.41, 5.74) is 5.15. The van der Waals surface area contributed by atoms with Crippen molar-refractivity contribution in [1.82, 2.24) is 10.2 Å². The zero-order chi connectivity index (χ0) is 32.5. The second-order valence-electron chi connectivity index (χ2n) is 10.9. The maximum atomic E-state index is 13.3. The molecule has 0 aromatic heterocycles. The molecule has 0 saturated heterocycles. The number of nitrogens with one attached hydrogen (secondary N) is 1. The second-order valence-corrected chi connectivity index (χ2v) is 10.9. The highest BCUT2D eigenvalue weighted by atomic mass is 19.4. The average molecular weight is 638 g/mol. The van der Waals surface area contributed by atoms with Crippen LogP contribution >= 0.6 is 0 Å². The Bertz CT molecular complexity index is 1510. The molecule has 242 valence electrons. The number of alkyl carbamates (subject to hydrolysis) is 1. The zero-order valence-corrected chi connectivity index (χ0v) is 25.1. The molecule has 0 saturated carbocycles. The van der Waals surface area contributed by atoms with Crippen molar-refractivity contribution in [2.75, 3.05) is 32.9 Å². The molecule has 1 aliphatic heterocycles. The van der Waals surface area contributed by atoms with Gasteiger partial charge in [0.25, 0.3) is 11.8 Å². The number of hydrogen-bond acceptors (Lipinski definition) is 7. The fourth-order valence-electron chi connectivity index (χ4n) is 5.58. The highest BCUT2D eigenvalue weighted by Gasteiger charge is 2.39. The van der Waals surface area contributed by atoms with Gasteiger partial charge in [-0.05, 0) is 52.4 Å². The summed E-state index contributed by atoms with van der Waals surface area (Å²) in [6.45, 7) is 0.127. The molecule has 2 aliphatic rings. The van der Waals surface area contributed by atoms with Gasteiger partial charge < -0.3 is 19.6 Å². The molecule has 0 radical (unpaired) electrons. The third-order valence-electron chi connectivity index (χ3n) is 7.81. The van der Waals surface area contributed by atoms with E-state index in [9.17, 15) is 27.6 Å². The Morgan fingerprint density at radius 3 is 1.91 bits per heavy atom. The van der Waals surface area contributed by atoms with Crippen molar-refractivity contribution in [1.29, 1.82) is 0 Å². The lowest BCUT2D eigenvalue weighted by molar-refractivity contribution is -0.0833. The molecule has 5 rings (SSSR count). The monoisotopic (exact) mass is 637 g/mol. The first-order valence-corrected chi connectivity index (χ1v) is 15.2. The van der Waals surface area contributed by atoms with Crippen molar-refractivity contribution in [3.05, 3.63) is 95.1 Å². The SMILES string of the molecule is O=C(NCCCCCCOC(=NOCCCN1C(=O)c2ccccc2C1=O)C(F)(F)F)OCC1c2ccccc2-c2ccccc21. The van der Waals surface area contributed by atoms with Crippen LogP contribution in [0.15, 0.2) is 78.0 Å². The van der Waals surface area contributed by atoms with Gasteiger partial charge in [-0.25, -0.2) is 4.79 Å². The lowest BCUT2D eigenvalue weighted by Gasteiger charge is -2.14. The number of unbranched alkanes of at least 4 members (excludes halogenated alkanes) is 3. The minimum atomic E-state index is -4.84. The number of carbonyl (C=O) groups is 3. The number of hydrogen-bond donors (Lipinski definition) is 1. The number of benzene rings is 3. The van der Waals surface area contributed by atoms with E-state index in [1.807, 2.05) is 36.4 Å². The second kappa shape index (κ2) is 14.9. The van der Waals surface area contributed by atoms with E-state index in [0.717, 1.165) is 27.2 Å². The Labute approximate surface area is 264 Å². The molecule has 0 fully saturated rings. The maximum Gasteiger partial charge on any atom is 0.471 e. The van der Waals surface area contributed by atoms with Gasteiger partial charge in [0.05, 0.1) is 17.7 Å². The van der Waals surface area contributed by atoms with Gasteiger partial charge >= 0.3 is 18.2 Å². The number of amides is 3. The molecular weight excluding hydrogens is 603 g/mol. The molecule has 12 heteroatoms.